The minimum absolute atomic E-state index is 0.0420. The lowest BCUT2D eigenvalue weighted by Gasteiger charge is -2.45. The lowest BCUT2D eigenvalue weighted by Crippen LogP contribution is -2.45. The number of amides is 2. The highest BCUT2D eigenvalue weighted by Gasteiger charge is 2.37. The van der Waals surface area contributed by atoms with Gasteiger partial charge >= 0.3 is 0 Å². The first-order valence-electron chi connectivity index (χ1n) is 10.6. The Hall–Kier alpha value is -2.44. The summed E-state index contributed by atoms with van der Waals surface area (Å²) in [4.78, 5) is 29.6. The van der Waals surface area contributed by atoms with Gasteiger partial charge in [0.15, 0.2) is 0 Å². The number of hydrogen-bond acceptors (Lipinski definition) is 5. The summed E-state index contributed by atoms with van der Waals surface area (Å²) in [6.45, 7) is 6.85. The molecule has 1 saturated heterocycles. The zero-order valence-corrected chi connectivity index (χ0v) is 20.5. The van der Waals surface area contributed by atoms with Crippen molar-refractivity contribution in [1.29, 1.82) is 0 Å². The van der Waals surface area contributed by atoms with Gasteiger partial charge in [-0.15, -0.1) is 0 Å². The van der Waals surface area contributed by atoms with Crippen molar-refractivity contribution < 1.29 is 14.3 Å². The first-order valence-corrected chi connectivity index (χ1v) is 11.8. The molecule has 0 saturated carbocycles. The van der Waals surface area contributed by atoms with Crippen LogP contribution in [0.5, 0.6) is 5.75 Å². The summed E-state index contributed by atoms with van der Waals surface area (Å²) >= 11 is 7.17. The average molecular weight is 471 g/mol. The molecule has 4 rings (SSSR count). The van der Waals surface area contributed by atoms with E-state index >= 15 is 0 Å². The highest BCUT2D eigenvalue weighted by atomic mass is 35.5. The van der Waals surface area contributed by atoms with Gasteiger partial charge in [-0.1, -0.05) is 36.7 Å². The average Bonchev–Trinajstić information content (AvgIpc) is 3.00. The molecule has 1 unspecified atom stereocenters. The van der Waals surface area contributed by atoms with Crippen LogP contribution in [0.4, 0.5) is 10.5 Å². The number of ether oxygens (including phenoxy) is 1. The summed E-state index contributed by atoms with van der Waals surface area (Å²) in [6.07, 6.45) is 2.79. The molecule has 1 atom stereocenters. The number of thioether (sulfide) groups is 1. The standard InChI is InChI=1S/C25H27ClN2O3S/c1-15-13-25(2,3)27(4)20-12-21(31-5)17(10-18(15)20)11-22-23(29)28(24(30)32-22)14-16-8-6-7-9-19(16)26/h6-12,15H,13-14H2,1-5H3/b22-11+. The largest absolute Gasteiger partial charge is 0.496 e. The Kier molecular flexibility index (Phi) is 6.03. The Balaban J connectivity index is 1.68. The van der Waals surface area contributed by atoms with E-state index in [1.54, 1.807) is 19.3 Å². The smallest absolute Gasteiger partial charge is 0.293 e. The Morgan fingerprint density at radius 2 is 1.97 bits per heavy atom. The van der Waals surface area contributed by atoms with E-state index in [1.165, 1.54) is 10.5 Å². The van der Waals surface area contributed by atoms with Crippen LogP contribution in [-0.4, -0.2) is 35.7 Å². The monoisotopic (exact) mass is 470 g/mol. The highest BCUT2D eigenvalue weighted by molar-refractivity contribution is 8.18. The third kappa shape index (κ3) is 4.02. The van der Waals surface area contributed by atoms with Crippen molar-refractivity contribution in [2.75, 3.05) is 19.1 Å². The molecule has 2 aromatic rings. The van der Waals surface area contributed by atoms with Gasteiger partial charge in [-0.3, -0.25) is 14.5 Å². The second-order valence-electron chi connectivity index (χ2n) is 8.99. The van der Waals surface area contributed by atoms with Gasteiger partial charge in [0.25, 0.3) is 11.1 Å². The molecular weight excluding hydrogens is 444 g/mol. The maximum Gasteiger partial charge on any atom is 0.293 e. The highest BCUT2D eigenvalue weighted by Crippen LogP contribution is 2.46. The molecule has 2 aliphatic heterocycles. The van der Waals surface area contributed by atoms with E-state index in [9.17, 15) is 9.59 Å². The predicted octanol–water partition coefficient (Wildman–Crippen LogP) is 6.31. The van der Waals surface area contributed by atoms with E-state index in [0.29, 0.717) is 21.6 Å². The zero-order chi connectivity index (χ0) is 23.2. The molecule has 7 heteroatoms. The third-order valence-electron chi connectivity index (χ3n) is 6.43. The maximum absolute atomic E-state index is 13.0. The molecule has 0 spiro atoms. The first-order chi connectivity index (χ1) is 15.1. The van der Waals surface area contributed by atoms with Crippen LogP contribution in [0.25, 0.3) is 6.08 Å². The van der Waals surface area contributed by atoms with Crippen molar-refractivity contribution in [1.82, 2.24) is 4.90 Å². The normalized spacial score (nSPS) is 21.3. The number of benzene rings is 2. The molecule has 1 fully saturated rings. The van der Waals surface area contributed by atoms with E-state index in [0.717, 1.165) is 35.0 Å². The van der Waals surface area contributed by atoms with Gasteiger partial charge < -0.3 is 9.64 Å². The Bertz CT molecular complexity index is 1130. The van der Waals surface area contributed by atoms with Crippen molar-refractivity contribution in [3.05, 3.63) is 63.0 Å². The summed E-state index contributed by atoms with van der Waals surface area (Å²) < 4.78 is 5.67. The van der Waals surface area contributed by atoms with E-state index in [4.69, 9.17) is 16.3 Å². The predicted molar refractivity (Wildman–Crippen MR) is 131 cm³/mol. The molecule has 168 valence electrons. The number of hydrogen-bond donors (Lipinski definition) is 0. The fourth-order valence-corrected chi connectivity index (χ4v) is 5.50. The molecular formula is C25H27ClN2O3S. The first kappa shape index (κ1) is 22.7. The lowest BCUT2D eigenvalue weighted by molar-refractivity contribution is -0.123. The number of imide groups is 1. The second-order valence-corrected chi connectivity index (χ2v) is 10.4. The van der Waals surface area contributed by atoms with Gasteiger partial charge in [0, 0.05) is 34.9 Å². The molecule has 0 aliphatic carbocycles. The minimum Gasteiger partial charge on any atom is -0.496 e. The number of nitrogens with zero attached hydrogens (tertiary/aromatic N) is 2. The van der Waals surface area contributed by atoms with E-state index in [-0.39, 0.29) is 23.2 Å². The van der Waals surface area contributed by atoms with Crippen LogP contribution >= 0.6 is 23.4 Å². The van der Waals surface area contributed by atoms with Crippen LogP contribution in [0.3, 0.4) is 0 Å². The van der Waals surface area contributed by atoms with Crippen LogP contribution in [-0.2, 0) is 11.3 Å². The Morgan fingerprint density at radius 1 is 1.25 bits per heavy atom. The van der Waals surface area contributed by atoms with Gasteiger partial charge in [0.2, 0.25) is 0 Å². The van der Waals surface area contributed by atoms with Gasteiger partial charge in [-0.2, -0.15) is 0 Å². The van der Waals surface area contributed by atoms with Gasteiger partial charge in [-0.05, 0) is 67.3 Å². The molecule has 0 aromatic heterocycles. The topological polar surface area (TPSA) is 49.9 Å². The van der Waals surface area contributed by atoms with Crippen LogP contribution in [0.2, 0.25) is 5.02 Å². The molecule has 0 bridgehead atoms. The third-order valence-corrected chi connectivity index (χ3v) is 7.71. The quantitative estimate of drug-likeness (QED) is 0.490. The van der Waals surface area contributed by atoms with Crippen molar-refractivity contribution >= 4 is 46.3 Å². The number of fused-ring (bicyclic) bond motifs is 1. The van der Waals surface area contributed by atoms with Gasteiger partial charge in [-0.25, -0.2) is 0 Å². The molecule has 0 N–H and O–H groups in total. The van der Waals surface area contributed by atoms with Crippen LogP contribution in [0.15, 0.2) is 41.3 Å². The van der Waals surface area contributed by atoms with E-state index in [2.05, 4.69) is 38.8 Å². The van der Waals surface area contributed by atoms with Crippen LogP contribution < -0.4 is 9.64 Å². The van der Waals surface area contributed by atoms with Crippen molar-refractivity contribution in [2.24, 2.45) is 0 Å². The van der Waals surface area contributed by atoms with E-state index in [1.807, 2.05) is 24.3 Å². The lowest BCUT2D eigenvalue weighted by atomic mass is 9.80. The van der Waals surface area contributed by atoms with Crippen molar-refractivity contribution in [3.8, 4) is 5.75 Å². The van der Waals surface area contributed by atoms with Crippen molar-refractivity contribution in [2.45, 2.75) is 45.2 Å². The van der Waals surface area contributed by atoms with Crippen LogP contribution in [0.1, 0.15) is 49.8 Å². The summed E-state index contributed by atoms with van der Waals surface area (Å²) in [5.41, 5.74) is 3.93. The second kappa shape index (κ2) is 8.49. The molecule has 2 heterocycles. The molecule has 0 radical (unpaired) electrons. The number of rotatable bonds is 4. The summed E-state index contributed by atoms with van der Waals surface area (Å²) in [7, 11) is 3.73. The maximum atomic E-state index is 13.0. The number of anilines is 1. The zero-order valence-electron chi connectivity index (χ0n) is 18.9. The Labute approximate surface area is 198 Å². The fraction of sp³-hybridized carbons (Fsp3) is 0.360. The van der Waals surface area contributed by atoms with Gasteiger partial charge in [0.1, 0.15) is 5.75 Å². The molecule has 2 aliphatic rings. The molecule has 32 heavy (non-hydrogen) atoms. The summed E-state index contributed by atoms with van der Waals surface area (Å²) in [5, 5.41) is 0.237. The number of methoxy groups -OCH3 is 1. The number of halogens is 1. The van der Waals surface area contributed by atoms with E-state index < -0.39 is 0 Å². The molecule has 2 aromatic carbocycles. The SMILES string of the molecule is COc1cc2c(cc1/C=C1/SC(=O)N(Cc3ccccc3Cl)C1=O)C(C)CC(C)(C)N2C. The molecule has 2 amide bonds. The Morgan fingerprint density at radius 3 is 2.66 bits per heavy atom. The summed E-state index contributed by atoms with van der Waals surface area (Å²) in [6, 6.07) is 11.4. The molecule has 5 nitrogen and oxygen atoms in total. The number of carbonyl (C=O) groups is 2. The fourth-order valence-electron chi connectivity index (χ4n) is 4.47. The van der Waals surface area contributed by atoms with Crippen LogP contribution in [0, 0.1) is 0 Å². The number of carbonyl (C=O) groups excluding carboxylic acids is 2. The van der Waals surface area contributed by atoms with Crippen molar-refractivity contribution in [3.63, 3.8) is 0 Å². The summed E-state index contributed by atoms with van der Waals surface area (Å²) in [5.74, 6) is 0.730. The van der Waals surface area contributed by atoms with Gasteiger partial charge in [0.05, 0.1) is 18.6 Å². The minimum atomic E-state index is -0.314.